The number of ether oxygens (including phenoxy) is 1. The quantitative estimate of drug-likeness (QED) is 0.718. The van der Waals surface area contributed by atoms with Crippen LogP contribution in [0.1, 0.15) is 6.42 Å². The number of H-pyrrole nitrogens is 1. The second kappa shape index (κ2) is 6.33. The summed E-state index contributed by atoms with van der Waals surface area (Å²) in [5.41, 5.74) is 0. The van der Waals surface area contributed by atoms with Gasteiger partial charge >= 0.3 is 0 Å². The molecule has 1 rings (SSSR count). The predicted octanol–water partition coefficient (Wildman–Crippen LogP) is 0.488. The largest absolute Gasteiger partial charge is 0.384 e. The molecular weight excluding hydrogens is 298 g/mol. The van der Waals surface area contributed by atoms with Crippen LogP contribution in [0.3, 0.4) is 0 Å². The molecule has 0 saturated heterocycles. The van der Waals surface area contributed by atoms with Crippen LogP contribution in [0.2, 0.25) is 0 Å². The van der Waals surface area contributed by atoms with E-state index in [1.807, 2.05) is 0 Å². The van der Waals surface area contributed by atoms with Crippen molar-refractivity contribution in [2.45, 2.75) is 16.1 Å². The first-order valence-electron chi connectivity index (χ1n) is 4.67. The van der Waals surface area contributed by atoms with Gasteiger partial charge in [-0.25, -0.2) is 13.1 Å². The molecular formula is C8H14BrN3O3S. The summed E-state index contributed by atoms with van der Waals surface area (Å²) in [5.74, 6) is 0. The highest BCUT2D eigenvalue weighted by molar-refractivity contribution is 9.09. The Kier molecular flexibility index (Phi) is 5.39. The number of hydrogen-bond donors (Lipinski definition) is 2. The van der Waals surface area contributed by atoms with Gasteiger partial charge in [-0.15, -0.1) is 0 Å². The molecule has 1 heterocycles. The van der Waals surface area contributed by atoms with Gasteiger partial charge in [0.2, 0.25) is 10.0 Å². The standard InChI is InChI=1S/C8H14BrN3O3S/c1-15-6-7(9)2-3-12-16(13,14)8-4-10-11-5-8/h4-5,7,12H,2-3,6H2,1H3,(H,10,11). The average Bonchev–Trinajstić information content (AvgIpc) is 2.71. The van der Waals surface area contributed by atoms with Gasteiger partial charge in [0.25, 0.3) is 0 Å². The molecule has 1 aromatic rings. The summed E-state index contributed by atoms with van der Waals surface area (Å²) in [5, 5.41) is 6.04. The van der Waals surface area contributed by atoms with Crippen LogP contribution in [-0.2, 0) is 14.8 Å². The lowest BCUT2D eigenvalue weighted by molar-refractivity contribution is 0.199. The van der Waals surface area contributed by atoms with E-state index in [-0.39, 0.29) is 9.72 Å². The number of rotatable bonds is 7. The molecule has 0 amide bonds. The number of sulfonamides is 1. The van der Waals surface area contributed by atoms with Crippen LogP contribution in [0.15, 0.2) is 17.3 Å². The topological polar surface area (TPSA) is 84.1 Å². The number of nitrogens with zero attached hydrogens (tertiary/aromatic N) is 1. The number of aromatic amines is 1. The van der Waals surface area contributed by atoms with Crippen LogP contribution < -0.4 is 4.72 Å². The van der Waals surface area contributed by atoms with Gasteiger partial charge < -0.3 is 4.74 Å². The van der Waals surface area contributed by atoms with Gasteiger partial charge in [0.15, 0.2) is 0 Å². The maximum absolute atomic E-state index is 11.6. The lowest BCUT2D eigenvalue weighted by atomic mass is 10.3. The van der Waals surface area contributed by atoms with E-state index in [1.165, 1.54) is 12.4 Å². The number of halogens is 1. The summed E-state index contributed by atoms with van der Waals surface area (Å²) in [6.45, 7) is 0.903. The minimum absolute atomic E-state index is 0.143. The smallest absolute Gasteiger partial charge is 0.243 e. The van der Waals surface area contributed by atoms with Gasteiger partial charge in [-0.05, 0) is 6.42 Å². The highest BCUT2D eigenvalue weighted by atomic mass is 79.9. The Balaban J connectivity index is 2.38. The van der Waals surface area contributed by atoms with Crippen molar-refractivity contribution in [3.8, 4) is 0 Å². The molecule has 0 radical (unpaired) electrons. The van der Waals surface area contributed by atoms with E-state index in [4.69, 9.17) is 4.74 Å². The summed E-state index contributed by atoms with van der Waals surface area (Å²) in [6, 6.07) is 0. The highest BCUT2D eigenvalue weighted by Crippen LogP contribution is 2.07. The number of hydrogen-bond acceptors (Lipinski definition) is 4. The molecule has 0 saturated carbocycles. The van der Waals surface area contributed by atoms with E-state index in [1.54, 1.807) is 7.11 Å². The van der Waals surface area contributed by atoms with Crippen molar-refractivity contribution in [1.82, 2.24) is 14.9 Å². The third-order valence-corrected chi connectivity index (χ3v) is 4.03. The Morgan fingerprint density at radius 3 is 3.00 bits per heavy atom. The first-order chi connectivity index (χ1) is 7.56. The zero-order valence-electron chi connectivity index (χ0n) is 8.81. The minimum Gasteiger partial charge on any atom is -0.384 e. The van der Waals surface area contributed by atoms with E-state index >= 15 is 0 Å². The number of aromatic nitrogens is 2. The first-order valence-corrected chi connectivity index (χ1v) is 7.07. The van der Waals surface area contributed by atoms with Crippen LogP contribution in [0, 0.1) is 0 Å². The SMILES string of the molecule is COCC(Br)CCNS(=O)(=O)c1cn[nH]c1. The van der Waals surface area contributed by atoms with Gasteiger partial charge in [-0.1, -0.05) is 15.9 Å². The zero-order chi connectivity index (χ0) is 12.0. The zero-order valence-corrected chi connectivity index (χ0v) is 11.2. The van der Waals surface area contributed by atoms with Crippen LogP contribution in [0.25, 0.3) is 0 Å². The van der Waals surface area contributed by atoms with E-state index in [0.717, 1.165) is 0 Å². The maximum atomic E-state index is 11.6. The predicted molar refractivity (Wildman–Crippen MR) is 63.0 cm³/mol. The third kappa shape index (κ3) is 4.20. The molecule has 0 spiro atoms. The van der Waals surface area contributed by atoms with E-state index in [0.29, 0.717) is 19.6 Å². The van der Waals surface area contributed by atoms with Gasteiger partial charge in [0, 0.05) is 24.7 Å². The molecule has 16 heavy (non-hydrogen) atoms. The molecule has 1 aromatic heterocycles. The minimum atomic E-state index is -3.43. The molecule has 1 unspecified atom stereocenters. The summed E-state index contributed by atoms with van der Waals surface area (Å²) < 4.78 is 30.6. The molecule has 0 aliphatic rings. The fraction of sp³-hybridized carbons (Fsp3) is 0.625. The fourth-order valence-electron chi connectivity index (χ4n) is 1.08. The van der Waals surface area contributed by atoms with Crippen molar-refractivity contribution >= 4 is 26.0 Å². The molecule has 92 valence electrons. The molecule has 0 aromatic carbocycles. The third-order valence-electron chi connectivity index (χ3n) is 1.88. The van der Waals surface area contributed by atoms with Crippen LogP contribution >= 0.6 is 15.9 Å². The molecule has 0 bridgehead atoms. The van der Waals surface area contributed by atoms with Gasteiger partial charge in [-0.2, -0.15) is 5.10 Å². The summed E-state index contributed by atoms with van der Waals surface area (Å²) in [6.07, 6.45) is 3.26. The van der Waals surface area contributed by atoms with E-state index in [9.17, 15) is 8.42 Å². The first kappa shape index (κ1) is 13.6. The second-order valence-electron chi connectivity index (χ2n) is 3.17. The Morgan fingerprint density at radius 1 is 1.69 bits per heavy atom. The van der Waals surface area contributed by atoms with Crippen molar-refractivity contribution in [1.29, 1.82) is 0 Å². The van der Waals surface area contributed by atoms with Crippen LogP contribution in [-0.4, -0.2) is 43.7 Å². The molecule has 6 nitrogen and oxygen atoms in total. The van der Waals surface area contributed by atoms with Gasteiger partial charge in [0.05, 0.1) is 12.8 Å². The Labute approximate surface area is 103 Å². The molecule has 1 atom stereocenters. The van der Waals surface area contributed by atoms with Gasteiger partial charge in [-0.3, -0.25) is 5.10 Å². The lowest BCUT2D eigenvalue weighted by Gasteiger charge is -2.08. The average molecular weight is 312 g/mol. The van der Waals surface area contributed by atoms with Crippen molar-refractivity contribution in [3.63, 3.8) is 0 Å². The fourth-order valence-corrected chi connectivity index (χ4v) is 2.53. The molecule has 2 N–H and O–H groups in total. The molecule has 0 fully saturated rings. The van der Waals surface area contributed by atoms with E-state index in [2.05, 4.69) is 30.8 Å². The Morgan fingerprint density at radius 2 is 2.44 bits per heavy atom. The molecule has 0 aliphatic carbocycles. The summed E-state index contributed by atoms with van der Waals surface area (Å²) >= 11 is 3.38. The lowest BCUT2D eigenvalue weighted by Crippen LogP contribution is -2.26. The normalized spacial score (nSPS) is 13.9. The van der Waals surface area contributed by atoms with Crippen molar-refractivity contribution in [3.05, 3.63) is 12.4 Å². The Hall–Kier alpha value is -0.440. The van der Waals surface area contributed by atoms with Crippen molar-refractivity contribution < 1.29 is 13.2 Å². The van der Waals surface area contributed by atoms with Crippen molar-refractivity contribution in [2.75, 3.05) is 20.3 Å². The number of alkyl halides is 1. The Bertz CT molecular complexity index is 393. The number of methoxy groups -OCH3 is 1. The molecule has 0 aliphatic heterocycles. The monoisotopic (exact) mass is 311 g/mol. The van der Waals surface area contributed by atoms with Crippen LogP contribution in [0.5, 0.6) is 0 Å². The summed E-state index contributed by atoms with van der Waals surface area (Å²) in [4.78, 5) is 0.287. The molecule has 8 heteroatoms. The second-order valence-corrected chi connectivity index (χ2v) is 6.23. The van der Waals surface area contributed by atoms with Gasteiger partial charge in [0.1, 0.15) is 4.90 Å². The summed E-state index contributed by atoms with van der Waals surface area (Å²) in [7, 11) is -1.83. The number of nitrogens with one attached hydrogen (secondary N) is 2. The highest BCUT2D eigenvalue weighted by Gasteiger charge is 2.14. The van der Waals surface area contributed by atoms with Crippen molar-refractivity contribution in [2.24, 2.45) is 0 Å². The van der Waals surface area contributed by atoms with Crippen LogP contribution in [0.4, 0.5) is 0 Å². The maximum Gasteiger partial charge on any atom is 0.243 e. The van der Waals surface area contributed by atoms with E-state index < -0.39 is 10.0 Å².